The van der Waals surface area contributed by atoms with Gasteiger partial charge in [-0.05, 0) is 43.7 Å². The third-order valence-corrected chi connectivity index (χ3v) is 4.80. The molecule has 2 aliphatic rings. The Morgan fingerprint density at radius 1 is 1.39 bits per heavy atom. The lowest BCUT2D eigenvalue weighted by Gasteiger charge is -2.39. The second kappa shape index (κ2) is 6.76. The minimum atomic E-state index is 0. The molecular formula is C14H27ClN2O. The Labute approximate surface area is 117 Å². The van der Waals surface area contributed by atoms with Gasteiger partial charge in [0.1, 0.15) is 0 Å². The van der Waals surface area contributed by atoms with E-state index in [1.165, 1.54) is 25.7 Å². The molecular weight excluding hydrogens is 248 g/mol. The first kappa shape index (κ1) is 15.8. The monoisotopic (exact) mass is 274 g/mol. The molecule has 1 amide bonds. The average Bonchev–Trinajstić information content (AvgIpc) is 2.83. The first-order valence-corrected chi connectivity index (χ1v) is 7.11. The third kappa shape index (κ3) is 3.86. The van der Waals surface area contributed by atoms with Crippen LogP contribution in [-0.2, 0) is 4.79 Å². The largest absolute Gasteiger partial charge is 0.343 e. The third-order valence-electron chi connectivity index (χ3n) is 4.80. The molecule has 0 aromatic heterocycles. The Morgan fingerprint density at radius 3 is 2.56 bits per heavy atom. The maximum absolute atomic E-state index is 12.2. The number of amides is 1. The molecule has 0 bridgehead atoms. The highest BCUT2D eigenvalue weighted by Crippen LogP contribution is 2.34. The van der Waals surface area contributed by atoms with Crippen LogP contribution in [0.4, 0.5) is 0 Å². The fraction of sp³-hybridized carbons (Fsp3) is 0.929. The van der Waals surface area contributed by atoms with Crippen LogP contribution < -0.4 is 5.32 Å². The van der Waals surface area contributed by atoms with Crippen LogP contribution in [0, 0.1) is 11.3 Å². The molecule has 4 heteroatoms. The maximum atomic E-state index is 12.2. The van der Waals surface area contributed by atoms with Crippen LogP contribution in [0.2, 0.25) is 0 Å². The van der Waals surface area contributed by atoms with Crippen molar-refractivity contribution in [1.29, 1.82) is 0 Å². The summed E-state index contributed by atoms with van der Waals surface area (Å²) in [6, 6.07) is 0. The van der Waals surface area contributed by atoms with Gasteiger partial charge in [0.15, 0.2) is 0 Å². The molecule has 2 heterocycles. The predicted molar refractivity (Wildman–Crippen MR) is 77.1 cm³/mol. The number of hydrogen-bond donors (Lipinski definition) is 1. The van der Waals surface area contributed by atoms with Crippen LogP contribution in [0.5, 0.6) is 0 Å². The van der Waals surface area contributed by atoms with Crippen molar-refractivity contribution in [3.63, 3.8) is 0 Å². The van der Waals surface area contributed by atoms with Crippen LogP contribution in [0.3, 0.4) is 0 Å². The van der Waals surface area contributed by atoms with Crippen molar-refractivity contribution in [2.45, 2.75) is 46.0 Å². The van der Waals surface area contributed by atoms with Crippen molar-refractivity contribution in [3.05, 3.63) is 0 Å². The Bertz CT molecular complexity index is 269. The second-order valence-corrected chi connectivity index (χ2v) is 6.11. The summed E-state index contributed by atoms with van der Waals surface area (Å²) in [6.45, 7) is 8.70. The lowest BCUT2D eigenvalue weighted by atomic mass is 9.78. The Hall–Kier alpha value is -0.280. The highest BCUT2D eigenvalue weighted by atomic mass is 35.5. The summed E-state index contributed by atoms with van der Waals surface area (Å²) in [5.74, 6) is 0.971. The molecule has 2 aliphatic heterocycles. The Balaban J connectivity index is 0.00000162. The molecule has 0 aliphatic carbocycles. The second-order valence-electron chi connectivity index (χ2n) is 6.11. The number of nitrogens with zero attached hydrogens (tertiary/aromatic N) is 1. The van der Waals surface area contributed by atoms with Gasteiger partial charge in [0.05, 0.1) is 0 Å². The molecule has 1 unspecified atom stereocenters. The van der Waals surface area contributed by atoms with Gasteiger partial charge in [0, 0.05) is 19.5 Å². The lowest BCUT2D eigenvalue weighted by molar-refractivity contribution is -0.134. The molecule has 1 atom stereocenters. The molecule has 2 saturated heterocycles. The van der Waals surface area contributed by atoms with Gasteiger partial charge in [-0.3, -0.25) is 4.79 Å². The fourth-order valence-corrected chi connectivity index (χ4v) is 2.91. The van der Waals surface area contributed by atoms with E-state index in [2.05, 4.69) is 24.1 Å². The molecule has 0 radical (unpaired) electrons. The van der Waals surface area contributed by atoms with Gasteiger partial charge in [-0.2, -0.15) is 0 Å². The fourth-order valence-electron chi connectivity index (χ4n) is 2.91. The maximum Gasteiger partial charge on any atom is 0.222 e. The normalized spacial score (nSPS) is 26.8. The average molecular weight is 275 g/mol. The molecule has 3 nitrogen and oxygen atoms in total. The van der Waals surface area contributed by atoms with Gasteiger partial charge >= 0.3 is 0 Å². The Kier molecular flexibility index (Phi) is 5.93. The van der Waals surface area contributed by atoms with Crippen LogP contribution in [0.25, 0.3) is 0 Å². The molecule has 1 N–H and O–H groups in total. The van der Waals surface area contributed by atoms with Gasteiger partial charge in [-0.1, -0.05) is 20.3 Å². The molecule has 0 aromatic carbocycles. The highest BCUT2D eigenvalue weighted by Gasteiger charge is 2.31. The first-order chi connectivity index (χ1) is 8.13. The van der Waals surface area contributed by atoms with Crippen molar-refractivity contribution in [1.82, 2.24) is 10.2 Å². The minimum Gasteiger partial charge on any atom is -0.343 e. The highest BCUT2D eigenvalue weighted by molar-refractivity contribution is 5.85. The van der Waals surface area contributed by atoms with Crippen LogP contribution in [-0.4, -0.2) is 37.0 Å². The summed E-state index contributed by atoms with van der Waals surface area (Å²) in [5.41, 5.74) is 0.478. The predicted octanol–water partition coefficient (Wildman–Crippen LogP) is 2.45. The van der Waals surface area contributed by atoms with Gasteiger partial charge < -0.3 is 10.2 Å². The summed E-state index contributed by atoms with van der Waals surface area (Å²) >= 11 is 0. The van der Waals surface area contributed by atoms with E-state index in [9.17, 15) is 4.79 Å². The number of piperidine rings is 1. The van der Waals surface area contributed by atoms with Crippen LogP contribution in [0.1, 0.15) is 46.0 Å². The van der Waals surface area contributed by atoms with E-state index in [-0.39, 0.29) is 12.4 Å². The number of halogens is 1. The van der Waals surface area contributed by atoms with Crippen LogP contribution in [0.15, 0.2) is 0 Å². The van der Waals surface area contributed by atoms with E-state index in [4.69, 9.17) is 0 Å². The van der Waals surface area contributed by atoms with Gasteiger partial charge in [0.25, 0.3) is 0 Å². The van der Waals surface area contributed by atoms with Crippen molar-refractivity contribution in [3.8, 4) is 0 Å². The van der Waals surface area contributed by atoms with E-state index in [1.54, 1.807) is 0 Å². The van der Waals surface area contributed by atoms with E-state index in [0.29, 0.717) is 17.2 Å². The number of nitrogens with one attached hydrogen (secondary N) is 1. The van der Waals surface area contributed by atoms with Gasteiger partial charge in [-0.25, -0.2) is 0 Å². The minimum absolute atomic E-state index is 0. The standard InChI is InChI=1S/C14H26N2O.ClH/c1-3-14(2)5-8-16(9-6-14)13(17)10-12-4-7-15-11-12;/h12,15H,3-11H2,1-2H3;1H. The van der Waals surface area contributed by atoms with E-state index < -0.39 is 0 Å². The zero-order chi connectivity index (χ0) is 12.3. The van der Waals surface area contributed by atoms with Crippen molar-refractivity contribution < 1.29 is 4.79 Å². The summed E-state index contributed by atoms with van der Waals surface area (Å²) < 4.78 is 0. The molecule has 0 aromatic rings. The number of carbonyl (C=O) groups excluding carboxylic acids is 1. The Morgan fingerprint density at radius 2 is 2.06 bits per heavy atom. The zero-order valence-corrected chi connectivity index (χ0v) is 12.5. The van der Waals surface area contributed by atoms with E-state index in [1.807, 2.05) is 0 Å². The molecule has 2 fully saturated rings. The van der Waals surface area contributed by atoms with E-state index >= 15 is 0 Å². The molecule has 0 saturated carbocycles. The number of hydrogen-bond acceptors (Lipinski definition) is 2. The lowest BCUT2D eigenvalue weighted by Crippen LogP contribution is -2.42. The molecule has 18 heavy (non-hydrogen) atoms. The molecule has 106 valence electrons. The quantitative estimate of drug-likeness (QED) is 0.857. The summed E-state index contributed by atoms with van der Waals surface area (Å²) in [5, 5.41) is 3.33. The first-order valence-electron chi connectivity index (χ1n) is 7.11. The topological polar surface area (TPSA) is 32.3 Å². The summed E-state index contributed by atoms with van der Waals surface area (Å²) in [7, 11) is 0. The summed E-state index contributed by atoms with van der Waals surface area (Å²) in [6.07, 6.45) is 5.53. The smallest absolute Gasteiger partial charge is 0.222 e. The molecule has 2 rings (SSSR count). The SMILES string of the molecule is CCC1(C)CCN(C(=O)CC2CCNC2)CC1.Cl. The van der Waals surface area contributed by atoms with Crippen molar-refractivity contribution in [2.75, 3.05) is 26.2 Å². The number of likely N-dealkylation sites (tertiary alicyclic amines) is 1. The zero-order valence-electron chi connectivity index (χ0n) is 11.7. The number of rotatable bonds is 3. The summed E-state index contributed by atoms with van der Waals surface area (Å²) in [4.78, 5) is 14.2. The van der Waals surface area contributed by atoms with E-state index in [0.717, 1.165) is 32.6 Å². The van der Waals surface area contributed by atoms with Gasteiger partial charge in [-0.15, -0.1) is 12.4 Å². The molecule has 0 spiro atoms. The van der Waals surface area contributed by atoms with Crippen molar-refractivity contribution >= 4 is 18.3 Å². The number of carbonyl (C=O) groups is 1. The van der Waals surface area contributed by atoms with Crippen LogP contribution >= 0.6 is 12.4 Å². The van der Waals surface area contributed by atoms with Gasteiger partial charge in [0.2, 0.25) is 5.91 Å². The van der Waals surface area contributed by atoms with Crippen molar-refractivity contribution in [2.24, 2.45) is 11.3 Å².